The number of amides is 1. The lowest BCUT2D eigenvalue weighted by atomic mass is 10.1. The van der Waals surface area contributed by atoms with Crippen molar-refractivity contribution in [1.29, 1.82) is 0 Å². The summed E-state index contributed by atoms with van der Waals surface area (Å²) >= 11 is 2.52. The van der Waals surface area contributed by atoms with Crippen molar-refractivity contribution in [2.45, 2.75) is 25.5 Å². The molecule has 0 saturated heterocycles. The van der Waals surface area contributed by atoms with E-state index in [-0.39, 0.29) is 42.4 Å². The first-order valence-electron chi connectivity index (χ1n) is 9.54. The van der Waals surface area contributed by atoms with Crippen molar-refractivity contribution < 1.29 is 22.7 Å². The van der Waals surface area contributed by atoms with Crippen molar-refractivity contribution in [1.82, 2.24) is 9.97 Å². The van der Waals surface area contributed by atoms with E-state index < -0.39 is 15.8 Å². The molecule has 11 heteroatoms. The van der Waals surface area contributed by atoms with Crippen LogP contribution in [0.15, 0.2) is 29.8 Å². The van der Waals surface area contributed by atoms with E-state index in [9.17, 15) is 18.0 Å². The first-order chi connectivity index (χ1) is 14.9. The van der Waals surface area contributed by atoms with Crippen LogP contribution in [0, 0.1) is 0 Å². The fourth-order valence-electron chi connectivity index (χ4n) is 3.26. The molecule has 0 radical (unpaired) electrons. The van der Waals surface area contributed by atoms with Gasteiger partial charge in [-0.25, -0.2) is 18.2 Å². The summed E-state index contributed by atoms with van der Waals surface area (Å²) in [4.78, 5) is 34.5. The zero-order valence-corrected chi connectivity index (χ0v) is 19.0. The number of aromatic nitrogens is 2. The number of thiazole rings is 1. The van der Waals surface area contributed by atoms with Gasteiger partial charge in [0, 0.05) is 16.5 Å². The molecule has 1 aliphatic rings. The number of nitrogens with zero attached hydrogens (tertiary/aromatic N) is 2. The van der Waals surface area contributed by atoms with E-state index in [0.29, 0.717) is 26.1 Å². The predicted molar refractivity (Wildman–Crippen MR) is 119 cm³/mol. The molecule has 3 aromatic heterocycles. The summed E-state index contributed by atoms with van der Waals surface area (Å²) in [7, 11) is -3.21. The van der Waals surface area contributed by atoms with Crippen molar-refractivity contribution in [3.05, 3.63) is 51.5 Å². The van der Waals surface area contributed by atoms with E-state index in [4.69, 9.17) is 4.74 Å². The Balaban J connectivity index is 1.55. The Kier molecular flexibility index (Phi) is 6.17. The summed E-state index contributed by atoms with van der Waals surface area (Å²) in [5.41, 5.74) is 2.23. The van der Waals surface area contributed by atoms with Gasteiger partial charge in [0.25, 0.3) is 0 Å². The summed E-state index contributed by atoms with van der Waals surface area (Å²) in [6, 6.07) is 5.53. The van der Waals surface area contributed by atoms with E-state index >= 15 is 0 Å². The topological polar surface area (TPSA) is 115 Å². The lowest BCUT2D eigenvalue weighted by Gasteiger charge is -2.13. The van der Waals surface area contributed by atoms with E-state index in [2.05, 4.69) is 15.3 Å². The number of thiophene rings is 1. The van der Waals surface area contributed by atoms with Crippen molar-refractivity contribution in [3.8, 4) is 10.7 Å². The van der Waals surface area contributed by atoms with Gasteiger partial charge in [-0.15, -0.1) is 22.7 Å². The Morgan fingerprint density at radius 2 is 2.13 bits per heavy atom. The summed E-state index contributed by atoms with van der Waals surface area (Å²) in [6.07, 6.45) is 1.93. The molecule has 0 unspecified atom stereocenters. The molecule has 4 heterocycles. The Labute approximate surface area is 187 Å². The molecule has 162 valence electrons. The molecule has 4 rings (SSSR count). The number of esters is 1. The summed E-state index contributed by atoms with van der Waals surface area (Å²) in [5.74, 6) is -1.05. The second kappa shape index (κ2) is 8.85. The minimum Gasteiger partial charge on any atom is -0.462 e. The average molecular weight is 478 g/mol. The van der Waals surface area contributed by atoms with Crippen molar-refractivity contribution in [2.75, 3.05) is 17.7 Å². The summed E-state index contributed by atoms with van der Waals surface area (Å²) in [5, 5.41) is 5.60. The van der Waals surface area contributed by atoms with Crippen LogP contribution in [0.1, 0.15) is 33.4 Å². The quantitative estimate of drug-likeness (QED) is 0.543. The zero-order chi connectivity index (χ0) is 22.0. The number of carbonyl (C=O) groups is 2. The molecular formula is C20H19N3O5S3. The Hall–Kier alpha value is -2.63. The Morgan fingerprint density at radius 1 is 1.29 bits per heavy atom. The number of hydrogen-bond donors (Lipinski definition) is 1. The number of hydrogen-bond acceptors (Lipinski definition) is 9. The molecule has 1 aliphatic heterocycles. The fraction of sp³-hybridized carbons (Fsp3) is 0.300. The molecular weight excluding hydrogens is 458 g/mol. The highest BCUT2D eigenvalue weighted by Crippen LogP contribution is 2.38. The lowest BCUT2D eigenvalue weighted by molar-refractivity contribution is -0.115. The average Bonchev–Trinajstić information content (AvgIpc) is 3.32. The van der Waals surface area contributed by atoms with Crippen molar-refractivity contribution in [3.63, 3.8) is 0 Å². The van der Waals surface area contributed by atoms with E-state index in [1.165, 1.54) is 11.3 Å². The maximum atomic E-state index is 12.7. The highest BCUT2D eigenvalue weighted by atomic mass is 32.2. The number of carbonyl (C=O) groups excluding carboxylic acids is 2. The molecule has 8 nitrogen and oxygen atoms in total. The largest absolute Gasteiger partial charge is 0.462 e. The number of anilines is 1. The second-order valence-corrected chi connectivity index (χ2v) is 11.0. The number of ether oxygens (including phenoxy) is 1. The van der Waals surface area contributed by atoms with Gasteiger partial charge in [-0.05, 0) is 31.0 Å². The van der Waals surface area contributed by atoms with Crippen LogP contribution in [0.25, 0.3) is 10.7 Å². The zero-order valence-electron chi connectivity index (χ0n) is 16.6. The third kappa shape index (κ3) is 4.83. The summed E-state index contributed by atoms with van der Waals surface area (Å²) in [6.45, 7) is 1.88. The minimum atomic E-state index is -3.21. The monoisotopic (exact) mass is 477 g/mol. The Bertz CT molecular complexity index is 1230. The molecule has 0 bridgehead atoms. The van der Waals surface area contributed by atoms with Crippen LogP contribution in [-0.2, 0) is 38.0 Å². The fourth-order valence-corrected chi connectivity index (χ4v) is 7.11. The molecule has 0 aromatic carbocycles. The molecule has 1 N–H and O–H groups in total. The SMILES string of the molecule is CCOC(=O)c1c(NC(=O)Cc2csc(-c3ccccn3)n2)sc2c1CCS(=O)(=O)C2. The maximum Gasteiger partial charge on any atom is 0.341 e. The van der Waals surface area contributed by atoms with Crippen LogP contribution in [-0.4, -0.2) is 42.6 Å². The highest BCUT2D eigenvalue weighted by Gasteiger charge is 2.32. The second-order valence-electron chi connectivity index (χ2n) is 6.85. The molecule has 0 saturated carbocycles. The maximum absolute atomic E-state index is 12.7. The smallest absolute Gasteiger partial charge is 0.341 e. The van der Waals surface area contributed by atoms with Gasteiger partial charge in [-0.3, -0.25) is 9.78 Å². The van der Waals surface area contributed by atoms with Gasteiger partial charge in [-0.2, -0.15) is 0 Å². The minimum absolute atomic E-state index is 0.0203. The van der Waals surface area contributed by atoms with Crippen molar-refractivity contribution >= 4 is 49.4 Å². The number of rotatable bonds is 6. The highest BCUT2D eigenvalue weighted by molar-refractivity contribution is 7.90. The van der Waals surface area contributed by atoms with Gasteiger partial charge in [0.1, 0.15) is 10.0 Å². The Morgan fingerprint density at radius 3 is 2.87 bits per heavy atom. The number of fused-ring (bicyclic) bond motifs is 1. The van der Waals surface area contributed by atoms with Crippen LogP contribution >= 0.6 is 22.7 Å². The van der Waals surface area contributed by atoms with Crippen LogP contribution in [0.2, 0.25) is 0 Å². The third-order valence-corrected chi connectivity index (χ3v) is 8.41. The molecule has 3 aromatic rings. The number of nitrogens with one attached hydrogen (secondary N) is 1. The molecule has 0 spiro atoms. The van der Waals surface area contributed by atoms with Gasteiger partial charge in [0.05, 0.1) is 41.5 Å². The molecule has 1 amide bonds. The molecule has 0 fully saturated rings. The van der Waals surface area contributed by atoms with Crippen LogP contribution < -0.4 is 5.32 Å². The third-order valence-electron chi connectivity index (χ3n) is 4.61. The molecule has 31 heavy (non-hydrogen) atoms. The van der Waals surface area contributed by atoms with Crippen LogP contribution in [0.4, 0.5) is 5.00 Å². The number of pyridine rings is 1. The van der Waals surface area contributed by atoms with Crippen LogP contribution in [0.3, 0.4) is 0 Å². The molecule has 0 atom stereocenters. The lowest BCUT2D eigenvalue weighted by Crippen LogP contribution is -2.20. The van der Waals surface area contributed by atoms with E-state index in [1.807, 2.05) is 18.2 Å². The predicted octanol–water partition coefficient (Wildman–Crippen LogP) is 3.10. The summed E-state index contributed by atoms with van der Waals surface area (Å²) < 4.78 is 29.2. The van der Waals surface area contributed by atoms with Gasteiger partial charge in [-0.1, -0.05) is 6.07 Å². The van der Waals surface area contributed by atoms with Gasteiger partial charge < -0.3 is 10.1 Å². The normalized spacial score (nSPS) is 14.6. The first-order valence-corrected chi connectivity index (χ1v) is 13.1. The number of sulfone groups is 1. The van der Waals surface area contributed by atoms with Gasteiger partial charge >= 0.3 is 5.97 Å². The van der Waals surface area contributed by atoms with E-state index in [0.717, 1.165) is 17.0 Å². The van der Waals surface area contributed by atoms with Gasteiger partial charge in [0.2, 0.25) is 5.91 Å². The van der Waals surface area contributed by atoms with Gasteiger partial charge in [0.15, 0.2) is 9.84 Å². The van der Waals surface area contributed by atoms with Crippen LogP contribution in [0.5, 0.6) is 0 Å². The van der Waals surface area contributed by atoms with E-state index in [1.54, 1.807) is 18.5 Å². The molecule has 0 aliphatic carbocycles. The van der Waals surface area contributed by atoms with Crippen molar-refractivity contribution in [2.24, 2.45) is 0 Å². The standard InChI is InChI=1S/C20H19N3O5S3/c1-2-28-20(25)17-13-6-8-31(26,27)11-15(13)30-19(17)23-16(24)9-12-10-29-18(22-12)14-5-3-4-7-21-14/h3-5,7,10H,2,6,8-9,11H2,1H3,(H,23,24). The first kappa shape index (κ1) is 21.6.